The smallest absolute Gasteiger partial charge is 0.320 e. The summed E-state index contributed by atoms with van der Waals surface area (Å²) in [6.07, 6.45) is 0. The van der Waals surface area contributed by atoms with E-state index >= 15 is 0 Å². The van der Waals surface area contributed by atoms with Crippen LogP contribution in [-0.4, -0.2) is 36.1 Å². The van der Waals surface area contributed by atoms with Crippen LogP contribution in [-0.2, 0) is 9.53 Å². The van der Waals surface area contributed by atoms with Crippen LogP contribution in [0.25, 0.3) is 0 Å². The van der Waals surface area contributed by atoms with Gasteiger partial charge in [-0.2, -0.15) is 0 Å². The van der Waals surface area contributed by atoms with Gasteiger partial charge in [0.25, 0.3) is 0 Å². The Balaban J connectivity index is 2.58. The van der Waals surface area contributed by atoms with Crippen LogP contribution in [0.2, 0.25) is 0 Å². The molecule has 0 bridgehead atoms. The van der Waals surface area contributed by atoms with Crippen molar-refractivity contribution in [2.45, 2.75) is 26.4 Å². The van der Waals surface area contributed by atoms with Crippen LogP contribution >= 0.6 is 0 Å². The number of morpholine rings is 1. The zero-order valence-electron chi connectivity index (χ0n) is 7.39. The van der Waals surface area contributed by atoms with Crippen LogP contribution in [0.3, 0.4) is 0 Å². The van der Waals surface area contributed by atoms with Crippen molar-refractivity contribution < 1.29 is 9.53 Å². The molecule has 64 valence electrons. The molecule has 0 N–H and O–H groups in total. The first-order chi connectivity index (χ1) is 5.03. The highest BCUT2D eigenvalue weighted by Crippen LogP contribution is 2.16. The fourth-order valence-corrected chi connectivity index (χ4v) is 1.37. The molecule has 0 atom stereocenters. The Kier molecular flexibility index (Phi) is 2.18. The second-order valence-corrected chi connectivity index (χ2v) is 3.54. The summed E-state index contributed by atoms with van der Waals surface area (Å²) in [5.41, 5.74) is -0.300. The minimum absolute atomic E-state index is 0.108. The molecule has 1 fully saturated rings. The Morgan fingerprint density at radius 1 is 1.64 bits per heavy atom. The molecule has 0 amide bonds. The molecule has 3 nitrogen and oxygen atoms in total. The monoisotopic (exact) mass is 157 g/mol. The molecule has 1 aliphatic rings. The molecule has 0 spiro atoms. The Morgan fingerprint density at radius 2 is 2.27 bits per heavy atom. The summed E-state index contributed by atoms with van der Waals surface area (Å²) < 4.78 is 5.13. The van der Waals surface area contributed by atoms with Crippen molar-refractivity contribution in [1.29, 1.82) is 0 Å². The van der Waals surface area contributed by atoms with Crippen molar-refractivity contribution in [3.63, 3.8) is 0 Å². The average Bonchev–Trinajstić information content (AvgIpc) is 1.83. The van der Waals surface area contributed by atoms with Gasteiger partial charge in [-0.05, 0) is 20.4 Å². The van der Waals surface area contributed by atoms with Gasteiger partial charge in [-0.25, -0.2) is 0 Å². The predicted molar refractivity (Wildman–Crippen MR) is 42.3 cm³/mol. The summed E-state index contributed by atoms with van der Waals surface area (Å²) in [6.45, 7) is 8.13. The van der Waals surface area contributed by atoms with Crippen molar-refractivity contribution in [2.75, 3.05) is 19.6 Å². The van der Waals surface area contributed by atoms with Crippen molar-refractivity contribution in [3.8, 4) is 0 Å². The molecule has 3 heteroatoms. The fraction of sp³-hybridized carbons (Fsp3) is 0.875. The van der Waals surface area contributed by atoms with Gasteiger partial charge in [0.15, 0.2) is 0 Å². The quantitative estimate of drug-likeness (QED) is 0.523. The summed E-state index contributed by atoms with van der Waals surface area (Å²) in [4.78, 5) is 13.1. The van der Waals surface area contributed by atoms with E-state index in [0.29, 0.717) is 6.54 Å². The van der Waals surface area contributed by atoms with Crippen LogP contribution in [0, 0.1) is 0 Å². The topological polar surface area (TPSA) is 29.5 Å². The first-order valence-corrected chi connectivity index (χ1v) is 3.98. The Bertz CT molecular complexity index is 165. The lowest BCUT2D eigenvalue weighted by molar-refractivity contribution is -0.168. The number of ether oxygens (including phenoxy) is 1. The van der Waals surface area contributed by atoms with Gasteiger partial charge in [-0.15, -0.1) is 0 Å². The zero-order valence-corrected chi connectivity index (χ0v) is 7.39. The lowest BCUT2D eigenvalue weighted by Gasteiger charge is -2.36. The molecule has 1 rings (SSSR count). The Morgan fingerprint density at radius 3 is 2.73 bits per heavy atom. The molecule has 1 saturated heterocycles. The minimum Gasteiger partial charge on any atom is -0.457 e. The van der Waals surface area contributed by atoms with Crippen molar-refractivity contribution in [2.24, 2.45) is 0 Å². The number of rotatable bonds is 1. The maximum absolute atomic E-state index is 11.0. The number of esters is 1. The van der Waals surface area contributed by atoms with E-state index < -0.39 is 0 Å². The highest BCUT2D eigenvalue weighted by Gasteiger charge is 2.31. The molecule has 0 saturated carbocycles. The second kappa shape index (κ2) is 2.81. The highest BCUT2D eigenvalue weighted by molar-refractivity contribution is 5.73. The van der Waals surface area contributed by atoms with Gasteiger partial charge in [0, 0.05) is 6.54 Å². The van der Waals surface area contributed by atoms with Gasteiger partial charge >= 0.3 is 5.97 Å². The van der Waals surface area contributed by atoms with E-state index in [1.54, 1.807) is 0 Å². The number of cyclic esters (lactones) is 1. The Hall–Kier alpha value is -0.570. The maximum atomic E-state index is 11.0. The van der Waals surface area contributed by atoms with Crippen LogP contribution in [0.1, 0.15) is 20.8 Å². The zero-order chi connectivity index (χ0) is 8.48. The number of likely N-dealkylation sites (N-methyl/N-ethyl adjacent to an activating group) is 1. The molecule has 0 aromatic heterocycles. The van der Waals surface area contributed by atoms with E-state index in [9.17, 15) is 4.79 Å². The normalized spacial score (nSPS) is 24.8. The number of carbonyl (C=O) groups excluding carboxylic acids is 1. The number of hydrogen-bond acceptors (Lipinski definition) is 3. The van der Waals surface area contributed by atoms with Gasteiger partial charge in [0.1, 0.15) is 5.60 Å². The predicted octanol–water partition coefficient (Wildman–Crippen LogP) is 0.644. The number of hydrogen-bond donors (Lipinski definition) is 0. The fourth-order valence-electron chi connectivity index (χ4n) is 1.37. The van der Waals surface area contributed by atoms with Gasteiger partial charge in [-0.1, -0.05) is 6.92 Å². The molecule has 0 radical (unpaired) electrons. The third-order valence-corrected chi connectivity index (χ3v) is 1.79. The third kappa shape index (κ3) is 2.19. The molecule has 0 aromatic rings. The van der Waals surface area contributed by atoms with Gasteiger partial charge in [-0.3, -0.25) is 9.69 Å². The van der Waals surface area contributed by atoms with Gasteiger partial charge in [0.2, 0.25) is 0 Å². The van der Waals surface area contributed by atoms with E-state index in [1.165, 1.54) is 0 Å². The largest absolute Gasteiger partial charge is 0.457 e. The lowest BCUT2D eigenvalue weighted by atomic mass is 10.1. The van der Waals surface area contributed by atoms with Crippen LogP contribution in [0.5, 0.6) is 0 Å². The molecule has 0 aromatic carbocycles. The SMILES string of the molecule is CCN1CC(=O)OC(C)(C)C1. The number of carbonyl (C=O) groups is 1. The molecule has 0 aliphatic carbocycles. The van der Waals surface area contributed by atoms with E-state index in [-0.39, 0.29) is 11.6 Å². The number of nitrogens with zero attached hydrogens (tertiary/aromatic N) is 1. The van der Waals surface area contributed by atoms with E-state index in [4.69, 9.17) is 4.74 Å². The van der Waals surface area contributed by atoms with E-state index in [0.717, 1.165) is 13.1 Å². The van der Waals surface area contributed by atoms with Crippen molar-refractivity contribution >= 4 is 5.97 Å². The standard InChI is InChI=1S/C8H15NO2/c1-4-9-5-7(10)11-8(2,3)6-9/h4-6H2,1-3H3. The first-order valence-electron chi connectivity index (χ1n) is 3.98. The van der Waals surface area contributed by atoms with Crippen molar-refractivity contribution in [3.05, 3.63) is 0 Å². The summed E-state index contributed by atoms with van der Waals surface area (Å²) in [5, 5.41) is 0. The minimum atomic E-state index is -0.300. The summed E-state index contributed by atoms with van der Waals surface area (Å²) >= 11 is 0. The van der Waals surface area contributed by atoms with Gasteiger partial charge in [0.05, 0.1) is 6.54 Å². The van der Waals surface area contributed by atoms with Crippen LogP contribution in [0.15, 0.2) is 0 Å². The molecule has 11 heavy (non-hydrogen) atoms. The summed E-state index contributed by atoms with van der Waals surface area (Å²) in [7, 11) is 0. The highest BCUT2D eigenvalue weighted by atomic mass is 16.6. The molecule has 1 aliphatic heterocycles. The molecular formula is C8H15NO2. The van der Waals surface area contributed by atoms with Crippen LogP contribution < -0.4 is 0 Å². The summed E-state index contributed by atoms with van der Waals surface area (Å²) in [5.74, 6) is -0.108. The lowest BCUT2D eigenvalue weighted by Crippen LogP contribution is -2.50. The molecule has 0 unspecified atom stereocenters. The van der Waals surface area contributed by atoms with E-state index in [1.807, 2.05) is 13.8 Å². The average molecular weight is 157 g/mol. The Labute approximate surface area is 67.3 Å². The maximum Gasteiger partial charge on any atom is 0.320 e. The van der Waals surface area contributed by atoms with E-state index in [2.05, 4.69) is 11.8 Å². The third-order valence-electron chi connectivity index (χ3n) is 1.79. The van der Waals surface area contributed by atoms with Crippen LogP contribution in [0.4, 0.5) is 0 Å². The second-order valence-electron chi connectivity index (χ2n) is 3.54. The van der Waals surface area contributed by atoms with Crippen molar-refractivity contribution in [1.82, 2.24) is 4.90 Å². The first kappa shape index (κ1) is 8.53. The van der Waals surface area contributed by atoms with Gasteiger partial charge < -0.3 is 4.74 Å². The molecular weight excluding hydrogens is 142 g/mol. The molecule has 1 heterocycles. The summed E-state index contributed by atoms with van der Waals surface area (Å²) in [6, 6.07) is 0.